The van der Waals surface area contributed by atoms with Crippen LogP contribution in [0, 0.1) is 0 Å². The van der Waals surface area contributed by atoms with E-state index in [4.69, 9.17) is 12.6 Å². The molecule has 1 aromatic heterocycles. The molecule has 2 heterocycles. The van der Waals surface area contributed by atoms with Crippen LogP contribution in [0.5, 0.6) is 5.75 Å². The Hall–Kier alpha value is -2.68. The molecular formula is C24H30N6OS. The summed E-state index contributed by atoms with van der Waals surface area (Å²) < 4.78 is 1.76. The number of rotatable bonds is 7. The van der Waals surface area contributed by atoms with E-state index in [-0.39, 0.29) is 11.8 Å². The molecule has 2 aromatic carbocycles. The van der Waals surface area contributed by atoms with Gasteiger partial charge in [-0.1, -0.05) is 54.6 Å². The zero-order valence-electron chi connectivity index (χ0n) is 18.5. The van der Waals surface area contributed by atoms with Crippen LogP contribution in [-0.2, 0) is 4.87 Å². The normalized spacial score (nSPS) is 17.1. The fourth-order valence-electron chi connectivity index (χ4n) is 4.08. The number of hydrogen-bond acceptors (Lipinski definition) is 7. The number of aromatic hydroxyl groups is 1. The predicted octanol–water partition coefficient (Wildman–Crippen LogP) is 3.42. The number of phenolic OH excluding ortho intramolecular Hbond substituents is 1. The van der Waals surface area contributed by atoms with Crippen molar-refractivity contribution in [1.82, 2.24) is 30.0 Å². The second-order valence-electron chi connectivity index (χ2n) is 8.59. The van der Waals surface area contributed by atoms with Crippen molar-refractivity contribution in [2.75, 3.05) is 32.7 Å². The molecule has 0 amide bonds. The first-order chi connectivity index (χ1) is 15.4. The summed E-state index contributed by atoms with van der Waals surface area (Å²) in [7, 11) is 0. The highest BCUT2D eigenvalue weighted by atomic mass is 32.1. The lowest BCUT2D eigenvalue weighted by Crippen LogP contribution is -2.48. The molecule has 168 valence electrons. The summed E-state index contributed by atoms with van der Waals surface area (Å²) in [5.41, 5.74) is 2.19. The first-order valence-corrected chi connectivity index (χ1v) is 11.3. The molecule has 32 heavy (non-hydrogen) atoms. The van der Waals surface area contributed by atoms with Crippen LogP contribution in [0.15, 0.2) is 60.7 Å². The second-order valence-corrected chi connectivity index (χ2v) is 9.68. The molecule has 4 rings (SSSR count). The second kappa shape index (κ2) is 9.85. The number of thiol groups is 1. The maximum Gasteiger partial charge on any atom is 0.174 e. The minimum absolute atomic E-state index is 0.162. The van der Waals surface area contributed by atoms with Gasteiger partial charge in [-0.05, 0) is 47.5 Å². The molecule has 1 aliphatic rings. The highest BCUT2D eigenvalue weighted by Gasteiger charge is 2.33. The first-order valence-electron chi connectivity index (χ1n) is 10.9. The molecule has 7 nitrogen and oxygen atoms in total. The number of tetrazole rings is 1. The third-order valence-corrected chi connectivity index (χ3v) is 5.88. The van der Waals surface area contributed by atoms with Gasteiger partial charge >= 0.3 is 0 Å². The number of hydrogen-bond donors (Lipinski definition) is 2. The first kappa shape index (κ1) is 22.5. The van der Waals surface area contributed by atoms with Crippen LogP contribution < -0.4 is 0 Å². The number of piperazine rings is 1. The molecule has 0 saturated carbocycles. The van der Waals surface area contributed by atoms with Crippen LogP contribution in [0.3, 0.4) is 0 Å². The lowest BCUT2D eigenvalue weighted by atomic mass is 10.0. The van der Waals surface area contributed by atoms with Crippen molar-refractivity contribution in [3.05, 3.63) is 77.6 Å². The monoisotopic (exact) mass is 450 g/mol. The van der Waals surface area contributed by atoms with Crippen molar-refractivity contribution in [2.24, 2.45) is 0 Å². The molecular weight excluding hydrogens is 420 g/mol. The van der Waals surface area contributed by atoms with Gasteiger partial charge in [0, 0.05) is 32.7 Å². The van der Waals surface area contributed by atoms with Gasteiger partial charge in [0.25, 0.3) is 0 Å². The highest BCUT2D eigenvalue weighted by molar-refractivity contribution is 7.81. The minimum Gasteiger partial charge on any atom is -0.508 e. The van der Waals surface area contributed by atoms with Gasteiger partial charge in [-0.2, -0.15) is 0 Å². The van der Waals surface area contributed by atoms with E-state index in [0.717, 1.165) is 44.1 Å². The summed E-state index contributed by atoms with van der Waals surface area (Å²) in [6.45, 7) is 8.49. The molecule has 1 aliphatic heterocycles. The Morgan fingerprint density at radius 1 is 1.06 bits per heavy atom. The van der Waals surface area contributed by atoms with Crippen LogP contribution in [0.2, 0.25) is 0 Å². The van der Waals surface area contributed by atoms with E-state index in [2.05, 4.69) is 61.7 Å². The van der Waals surface area contributed by atoms with Crippen LogP contribution in [0.25, 0.3) is 6.08 Å². The summed E-state index contributed by atoms with van der Waals surface area (Å²) in [5.74, 6) is 0.967. The maximum absolute atomic E-state index is 10.1. The molecule has 1 N–H and O–H groups in total. The van der Waals surface area contributed by atoms with Gasteiger partial charge in [0.1, 0.15) is 10.6 Å². The Kier molecular flexibility index (Phi) is 6.93. The lowest BCUT2D eigenvalue weighted by molar-refractivity contribution is 0.111. The van der Waals surface area contributed by atoms with Crippen molar-refractivity contribution in [3.8, 4) is 5.75 Å². The Morgan fingerprint density at radius 2 is 1.81 bits per heavy atom. The Balaban J connectivity index is 1.50. The summed E-state index contributed by atoms with van der Waals surface area (Å²) in [6.07, 6.45) is 4.40. The summed E-state index contributed by atoms with van der Waals surface area (Å²) in [6, 6.07) is 17.6. The van der Waals surface area contributed by atoms with E-state index < -0.39 is 4.87 Å². The average molecular weight is 451 g/mol. The number of benzene rings is 2. The minimum atomic E-state index is -0.544. The van der Waals surface area contributed by atoms with Crippen LogP contribution in [0.1, 0.15) is 36.8 Å². The summed E-state index contributed by atoms with van der Waals surface area (Å²) in [4.78, 5) is 4.28. The Bertz CT molecular complexity index is 1040. The number of nitrogens with zero attached hydrogens (tertiary/aromatic N) is 6. The fraction of sp³-hybridized carbons (Fsp3) is 0.375. The molecule has 1 fully saturated rings. The third kappa shape index (κ3) is 5.38. The summed E-state index contributed by atoms with van der Waals surface area (Å²) >= 11 is 4.69. The van der Waals surface area contributed by atoms with E-state index in [9.17, 15) is 5.11 Å². The van der Waals surface area contributed by atoms with E-state index in [1.165, 1.54) is 5.56 Å². The van der Waals surface area contributed by atoms with Gasteiger partial charge in [0.15, 0.2) is 5.82 Å². The molecule has 1 unspecified atom stereocenters. The van der Waals surface area contributed by atoms with Gasteiger partial charge in [0.05, 0.1) is 6.04 Å². The van der Waals surface area contributed by atoms with E-state index in [0.29, 0.717) is 0 Å². The van der Waals surface area contributed by atoms with Gasteiger partial charge in [-0.3, -0.25) is 9.80 Å². The molecule has 8 heteroatoms. The smallest absolute Gasteiger partial charge is 0.174 e. The topological polar surface area (TPSA) is 70.3 Å². The molecule has 0 spiro atoms. The standard InChI is InChI=1S/C24H30N6OS/c1-24(2,32)30-23(25-26-27-30)22(20-11-6-12-21(31)18-20)29-16-14-28(15-17-29)13-7-10-19-8-4-3-5-9-19/h3-12,18,22,31-32H,13-17H2,1-2H3/b10-7+. The maximum atomic E-state index is 10.1. The van der Waals surface area contributed by atoms with Gasteiger partial charge in [0.2, 0.25) is 0 Å². The SMILES string of the molecule is CC(C)(S)n1nnnc1C(c1cccc(O)c1)N1CCN(C/C=C/c2ccccc2)CC1. The predicted molar refractivity (Wildman–Crippen MR) is 130 cm³/mol. The van der Waals surface area contributed by atoms with Gasteiger partial charge < -0.3 is 5.11 Å². The van der Waals surface area contributed by atoms with Crippen molar-refractivity contribution >= 4 is 18.7 Å². The van der Waals surface area contributed by atoms with Crippen molar-refractivity contribution < 1.29 is 5.11 Å². The van der Waals surface area contributed by atoms with Crippen LogP contribution >= 0.6 is 12.6 Å². The molecule has 1 saturated heterocycles. The Morgan fingerprint density at radius 3 is 2.50 bits per heavy atom. The quantitative estimate of drug-likeness (QED) is 0.538. The molecule has 0 aliphatic carbocycles. The van der Waals surface area contributed by atoms with Crippen molar-refractivity contribution in [2.45, 2.75) is 24.8 Å². The highest BCUT2D eigenvalue weighted by Crippen LogP contribution is 2.32. The molecule has 0 bridgehead atoms. The third-order valence-electron chi connectivity index (χ3n) is 5.69. The van der Waals surface area contributed by atoms with Crippen molar-refractivity contribution in [3.63, 3.8) is 0 Å². The number of phenols is 1. The van der Waals surface area contributed by atoms with E-state index in [1.54, 1.807) is 16.8 Å². The van der Waals surface area contributed by atoms with Gasteiger partial charge in [-0.15, -0.1) is 17.7 Å². The van der Waals surface area contributed by atoms with Crippen molar-refractivity contribution in [1.29, 1.82) is 0 Å². The van der Waals surface area contributed by atoms with E-state index in [1.807, 2.05) is 32.0 Å². The van der Waals surface area contributed by atoms with Gasteiger partial charge in [-0.25, -0.2) is 4.68 Å². The largest absolute Gasteiger partial charge is 0.508 e. The molecule has 3 aromatic rings. The fourth-order valence-corrected chi connectivity index (χ4v) is 4.22. The lowest BCUT2D eigenvalue weighted by Gasteiger charge is -2.39. The molecule has 1 atom stereocenters. The van der Waals surface area contributed by atoms with Crippen LogP contribution in [0.4, 0.5) is 0 Å². The zero-order valence-corrected chi connectivity index (χ0v) is 19.4. The number of aromatic nitrogens is 4. The Labute approximate surface area is 194 Å². The zero-order chi connectivity index (χ0) is 22.6. The summed E-state index contributed by atoms with van der Waals surface area (Å²) in [5, 5.41) is 22.6. The van der Waals surface area contributed by atoms with Crippen LogP contribution in [-0.4, -0.2) is 67.8 Å². The average Bonchev–Trinajstić information content (AvgIpc) is 3.26. The molecule has 0 radical (unpaired) electrons. The van der Waals surface area contributed by atoms with E-state index >= 15 is 0 Å².